The summed E-state index contributed by atoms with van der Waals surface area (Å²) in [4.78, 5) is 8.62. The third-order valence-corrected chi connectivity index (χ3v) is 3.20. The Labute approximate surface area is 82.2 Å². The average molecular weight is 195 g/mol. The van der Waals surface area contributed by atoms with Crippen LogP contribution in [0, 0.1) is 6.92 Å². The van der Waals surface area contributed by atoms with E-state index in [2.05, 4.69) is 9.97 Å². The van der Waals surface area contributed by atoms with Crippen LogP contribution in [-0.2, 0) is 12.8 Å². The first-order chi connectivity index (χ1) is 6.27. The van der Waals surface area contributed by atoms with Gasteiger partial charge < -0.3 is 5.73 Å². The zero-order valence-electron chi connectivity index (χ0n) is 7.71. The third-order valence-electron chi connectivity index (χ3n) is 2.22. The maximum absolute atomic E-state index is 5.85. The van der Waals surface area contributed by atoms with Gasteiger partial charge in [-0.25, -0.2) is 9.97 Å². The van der Waals surface area contributed by atoms with Crippen molar-refractivity contribution in [2.24, 2.45) is 0 Å². The minimum atomic E-state index is 0.685. The highest BCUT2D eigenvalue weighted by molar-refractivity contribution is 7.99. The molecule has 0 unspecified atom stereocenters. The minimum absolute atomic E-state index is 0.685. The molecule has 0 amide bonds. The molecule has 1 aliphatic heterocycles. The second kappa shape index (κ2) is 3.54. The number of rotatable bonds is 0. The topological polar surface area (TPSA) is 51.8 Å². The Morgan fingerprint density at radius 3 is 2.85 bits per heavy atom. The van der Waals surface area contributed by atoms with Crippen LogP contribution in [0.4, 0.5) is 5.82 Å². The molecule has 0 fully saturated rings. The number of nitrogens with zero attached hydrogens (tertiary/aromatic N) is 2. The van der Waals surface area contributed by atoms with Crippen LogP contribution in [-0.4, -0.2) is 21.5 Å². The Bertz CT molecular complexity index is 325. The Hall–Kier alpha value is -0.770. The second-order valence-electron chi connectivity index (χ2n) is 3.19. The molecule has 2 heterocycles. The van der Waals surface area contributed by atoms with Crippen LogP contribution >= 0.6 is 11.8 Å². The van der Waals surface area contributed by atoms with Gasteiger partial charge in [0.1, 0.15) is 11.6 Å². The normalized spacial score (nSPS) is 16.4. The number of thioether (sulfide) groups is 1. The Morgan fingerprint density at radius 1 is 1.23 bits per heavy atom. The summed E-state index contributed by atoms with van der Waals surface area (Å²) in [7, 11) is 0. The lowest BCUT2D eigenvalue weighted by molar-refractivity contribution is 0.922. The maximum atomic E-state index is 5.85. The van der Waals surface area contributed by atoms with E-state index in [0.717, 1.165) is 35.9 Å². The highest BCUT2D eigenvalue weighted by Crippen LogP contribution is 2.21. The van der Waals surface area contributed by atoms with Crippen molar-refractivity contribution in [3.05, 3.63) is 17.1 Å². The zero-order chi connectivity index (χ0) is 9.26. The fourth-order valence-corrected chi connectivity index (χ4v) is 2.49. The molecule has 0 aliphatic carbocycles. The predicted octanol–water partition coefficient (Wildman–Crippen LogP) is 1.20. The number of fused-ring (bicyclic) bond motifs is 1. The molecule has 0 aromatic carbocycles. The van der Waals surface area contributed by atoms with E-state index in [1.54, 1.807) is 0 Å². The van der Waals surface area contributed by atoms with Gasteiger partial charge in [-0.3, -0.25) is 0 Å². The number of anilines is 1. The first kappa shape index (κ1) is 8.81. The Kier molecular flexibility index (Phi) is 2.40. The SMILES string of the molecule is Cc1nc(N)c2c(n1)CCSCC2. The zero-order valence-corrected chi connectivity index (χ0v) is 8.52. The van der Waals surface area contributed by atoms with Crippen LogP contribution in [0.3, 0.4) is 0 Å². The summed E-state index contributed by atoms with van der Waals surface area (Å²) in [5.74, 6) is 3.78. The number of aromatic nitrogens is 2. The highest BCUT2D eigenvalue weighted by atomic mass is 32.2. The summed E-state index contributed by atoms with van der Waals surface area (Å²) in [5, 5.41) is 0. The van der Waals surface area contributed by atoms with Gasteiger partial charge in [0.2, 0.25) is 0 Å². The lowest BCUT2D eigenvalue weighted by Gasteiger charge is -2.07. The fraction of sp³-hybridized carbons (Fsp3) is 0.556. The number of aryl methyl sites for hydroxylation is 2. The minimum Gasteiger partial charge on any atom is -0.383 e. The van der Waals surface area contributed by atoms with Gasteiger partial charge in [0.05, 0.1) is 5.69 Å². The molecule has 0 spiro atoms. The van der Waals surface area contributed by atoms with Gasteiger partial charge in [-0.2, -0.15) is 11.8 Å². The van der Waals surface area contributed by atoms with Crippen LogP contribution in [0.25, 0.3) is 0 Å². The van der Waals surface area contributed by atoms with Crippen LogP contribution in [0.5, 0.6) is 0 Å². The van der Waals surface area contributed by atoms with E-state index < -0.39 is 0 Å². The number of hydrogen-bond donors (Lipinski definition) is 1. The fourth-order valence-electron chi connectivity index (χ4n) is 1.60. The quantitative estimate of drug-likeness (QED) is 0.676. The second-order valence-corrected chi connectivity index (χ2v) is 4.42. The maximum Gasteiger partial charge on any atom is 0.130 e. The van der Waals surface area contributed by atoms with Gasteiger partial charge >= 0.3 is 0 Å². The van der Waals surface area contributed by atoms with Gasteiger partial charge in [0, 0.05) is 5.56 Å². The average Bonchev–Trinajstić information content (AvgIpc) is 2.28. The highest BCUT2D eigenvalue weighted by Gasteiger charge is 2.13. The molecule has 0 saturated carbocycles. The van der Waals surface area contributed by atoms with Crippen molar-refractivity contribution in [3.63, 3.8) is 0 Å². The molecule has 1 aliphatic rings. The molecule has 70 valence electrons. The van der Waals surface area contributed by atoms with Gasteiger partial charge in [-0.15, -0.1) is 0 Å². The van der Waals surface area contributed by atoms with Crippen LogP contribution in [0.1, 0.15) is 17.1 Å². The van der Waals surface area contributed by atoms with E-state index >= 15 is 0 Å². The number of nitrogens with two attached hydrogens (primary N) is 1. The summed E-state index contributed by atoms with van der Waals surface area (Å²) in [6, 6.07) is 0. The number of hydrogen-bond acceptors (Lipinski definition) is 4. The molecule has 1 aromatic rings. The van der Waals surface area contributed by atoms with E-state index in [1.807, 2.05) is 18.7 Å². The standard InChI is InChI=1S/C9H13N3S/c1-6-11-8-3-5-13-4-2-7(8)9(10)12-6/h2-5H2,1H3,(H2,10,11,12). The molecule has 2 N–H and O–H groups in total. The molecular weight excluding hydrogens is 182 g/mol. The molecule has 1 aromatic heterocycles. The molecule has 0 saturated heterocycles. The van der Waals surface area contributed by atoms with E-state index in [9.17, 15) is 0 Å². The van der Waals surface area contributed by atoms with E-state index in [0.29, 0.717) is 5.82 Å². The van der Waals surface area contributed by atoms with Gasteiger partial charge in [0.25, 0.3) is 0 Å². The first-order valence-electron chi connectivity index (χ1n) is 4.47. The largest absolute Gasteiger partial charge is 0.383 e. The van der Waals surface area contributed by atoms with Crippen molar-refractivity contribution < 1.29 is 0 Å². The van der Waals surface area contributed by atoms with Crippen molar-refractivity contribution in [3.8, 4) is 0 Å². The molecule has 0 atom stereocenters. The van der Waals surface area contributed by atoms with Gasteiger partial charge in [-0.1, -0.05) is 0 Å². The van der Waals surface area contributed by atoms with E-state index in [4.69, 9.17) is 5.73 Å². The van der Waals surface area contributed by atoms with Crippen LogP contribution < -0.4 is 5.73 Å². The lowest BCUT2D eigenvalue weighted by Crippen LogP contribution is -2.07. The van der Waals surface area contributed by atoms with Crippen LogP contribution in [0.15, 0.2) is 0 Å². The third kappa shape index (κ3) is 1.77. The van der Waals surface area contributed by atoms with Crippen molar-refractivity contribution >= 4 is 17.6 Å². The molecule has 13 heavy (non-hydrogen) atoms. The summed E-state index contributed by atoms with van der Waals surface area (Å²) < 4.78 is 0. The predicted molar refractivity (Wildman–Crippen MR) is 55.9 cm³/mol. The lowest BCUT2D eigenvalue weighted by atomic mass is 10.1. The van der Waals surface area contributed by atoms with Crippen molar-refractivity contribution in [1.82, 2.24) is 9.97 Å². The molecular formula is C9H13N3S. The van der Waals surface area contributed by atoms with Gasteiger partial charge in [0.15, 0.2) is 0 Å². The molecule has 4 heteroatoms. The van der Waals surface area contributed by atoms with Crippen molar-refractivity contribution in [1.29, 1.82) is 0 Å². The summed E-state index contributed by atoms with van der Waals surface area (Å²) in [6.45, 7) is 1.90. The number of nitrogen functional groups attached to an aromatic ring is 1. The Balaban J connectivity index is 2.47. The smallest absolute Gasteiger partial charge is 0.130 e. The molecule has 0 bridgehead atoms. The van der Waals surface area contributed by atoms with Gasteiger partial charge in [-0.05, 0) is 31.3 Å². The Morgan fingerprint density at radius 2 is 2.00 bits per heavy atom. The molecule has 0 radical (unpaired) electrons. The van der Waals surface area contributed by atoms with E-state index in [-0.39, 0.29) is 0 Å². The van der Waals surface area contributed by atoms with Crippen LogP contribution in [0.2, 0.25) is 0 Å². The summed E-state index contributed by atoms with van der Waals surface area (Å²) in [5.41, 5.74) is 8.19. The summed E-state index contributed by atoms with van der Waals surface area (Å²) >= 11 is 1.96. The van der Waals surface area contributed by atoms with E-state index in [1.165, 1.54) is 5.56 Å². The first-order valence-corrected chi connectivity index (χ1v) is 5.62. The molecule has 3 nitrogen and oxygen atoms in total. The monoisotopic (exact) mass is 195 g/mol. The van der Waals surface area contributed by atoms with Crippen molar-refractivity contribution in [2.75, 3.05) is 17.2 Å². The van der Waals surface area contributed by atoms with Crippen molar-refractivity contribution in [2.45, 2.75) is 19.8 Å². The summed E-state index contributed by atoms with van der Waals surface area (Å²) in [6.07, 6.45) is 2.06. The molecule has 2 rings (SSSR count).